The van der Waals surface area contributed by atoms with Crippen LogP contribution in [0.15, 0.2) is 30.3 Å². The topological polar surface area (TPSA) is 12.0 Å². The van der Waals surface area contributed by atoms with E-state index in [0.717, 1.165) is 29.7 Å². The fourth-order valence-electron chi connectivity index (χ4n) is 4.30. The molecule has 2 saturated carbocycles. The van der Waals surface area contributed by atoms with Gasteiger partial charge in [0.2, 0.25) is 0 Å². The fourth-order valence-corrected chi connectivity index (χ4v) is 4.30. The molecular weight excluding hydrogens is 230 g/mol. The van der Waals surface area contributed by atoms with Crippen molar-refractivity contribution >= 4 is 0 Å². The Labute approximate surface area is 117 Å². The van der Waals surface area contributed by atoms with Crippen LogP contribution < -0.4 is 5.32 Å². The predicted octanol–water partition coefficient (Wildman–Crippen LogP) is 4.20. The Kier molecular flexibility index (Phi) is 3.93. The molecule has 3 rings (SSSR count). The summed E-state index contributed by atoms with van der Waals surface area (Å²) in [4.78, 5) is 0. The molecule has 104 valence electrons. The highest BCUT2D eigenvalue weighted by Gasteiger charge is 2.46. The fraction of sp³-hybridized carbons (Fsp3) is 0.667. The van der Waals surface area contributed by atoms with Crippen LogP contribution in [0.3, 0.4) is 0 Å². The first kappa shape index (κ1) is 13.2. The maximum absolute atomic E-state index is 3.65. The second-order valence-electron chi connectivity index (χ2n) is 6.58. The monoisotopic (exact) mass is 257 g/mol. The summed E-state index contributed by atoms with van der Waals surface area (Å²) in [6.45, 7) is 2.35. The number of benzene rings is 1. The highest BCUT2D eigenvalue weighted by atomic mass is 14.9. The van der Waals surface area contributed by atoms with Gasteiger partial charge in [-0.05, 0) is 55.5 Å². The third-order valence-electron chi connectivity index (χ3n) is 5.53. The van der Waals surface area contributed by atoms with Crippen LogP contribution in [0, 0.1) is 17.8 Å². The van der Waals surface area contributed by atoms with Gasteiger partial charge in [-0.15, -0.1) is 0 Å². The van der Waals surface area contributed by atoms with E-state index in [1.165, 1.54) is 32.1 Å². The van der Waals surface area contributed by atoms with Crippen molar-refractivity contribution in [2.75, 3.05) is 7.05 Å². The Bertz CT molecular complexity index is 399. The number of hydrogen-bond acceptors (Lipinski definition) is 1. The molecule has 1 N–H and O–H groups in total. The van der Waals surface area contributed by atoms with Gasteiger partial charge in [0.15, 0.2) is 0 Å². The Hall–Kier alpha value is -0.820. The summed E-state index contributed by atoms with van der Waals surface area (Å²) in [6.07, 6.45) is 7.13. The highest BCUT2D eigenvalue weighted by molar-refractivity contribution is 5.27. The molecule has 19 heavy (non-hydrogen) atoms. The Morgan fingerprint density at radius 3 is 2.58 bits per heavy atom. The molecule has 5 unspecified atom stereocenters. The van der Waals surface area contributed by atoms with E-state index >= 15 is 0 Å². The van der Waals surface area contributed by atoms with Crippen molar-refractivity contribution in [1.82, 2.24) is 5.32 Å². The lowest BCUT2D eigenvalue weighted by atomic mass is 9.91. The minimum Gasteiger partial charge on any atom is -0.316 e. The summed E-state index contributed by atoms with van der Waals surface area (Å²) in [5.74, 6) is 3.62. The van der Waals surface area contributed by atoms with Gasteiger partial charge in [-0.1, -0.05) is 50.1 Å². The van der Waals surface area contributed by atoms with Crippen molar-refractivity contribution in [2.45, 2.75) is 51.0 Å². The normalized spacial score (nSPS) is 35.3. The Morgan fingerprint density at radius 1 is 1.16 bits per heavy atom. The van der Waals surface area contributed by atoms with E-state index in [2.05, 4.69) is 49.6 Å². The second-order valence-corrected chi connectivity index (χ2v) is 6.58. The summed E-state index contributed by atoms with van der Waals surface area (Å²) in [7, 11) is 2.17. The van der Waals surface area contributed by atoms with Gasteiger partial charge in [-0.3, -0.25) is 0 Å². The molecule has 5 atom stereocenters. The van der Waals surface area contributed by atoms with Crippen LogP contribution in [0.5, 0.6) is 0 Å². The van der Waals surface area contributed by atoms with Crippen molar-refractivity contribution in [3.05, 3.63) is 35.9 Å². The third-order valence-corrected chi connectivity index (χ3v) is 5.53. The standard InChI is InChI=1S/C18H27N/c1-3-13-9-10-15(11-13)18(19-2)17-12-16(17)14-7-5-4-6-8-14/h4-8,13,15-19H,3,9-12H2,1-2H3. The van der Waals surface area contributed by atoms with Gasteiger partial charge in [-0.25, -0.2) is 0 Å². The quantitative estimate of drug-likeness (QED) is 0.833. The van der Waals surface area contributed by atoms with Gasteiger partial charge in [0, 0.05) is 6.04 Å². The molecule has 1 heteroatoms. The summed E-state index contributed by atoms with van der Waals surface area (Å²) < 4.78 is 0. The largest absolute Gasteiger partial charge is 0.316 e. The van der Waals surface area contributed by atoms with Crippen LogP contribution in [0.1, 0.15) is 50.5 Å². The van der Waals surface area contributed by atoms with Crippen molar-refractivity contribution in [3.63, 3.8) is 0 Å². The smallest absolute Gasteiger partial charge is 0.0127 e. The SMILES string of the molecule is CCC1CCC(C(NC)C2CC2c2ccccc2)C1. The van der Waals surface area contributed by atoms with E-state index in [4.69, 9.17) is 0 Å². The van der Waals surface area contributed by atoms with Crippen molar-refractivity contribution in [2.24, 2.45) is 17.8 Å². The molecule has 0 heterocycles. The zero-order chi connectivity index (χ0) is 13.2. The molecule has 1 aromatic rings. The van der Waals surface area contributed by atoms with E-state index in [9.17, 15) is 0 Å². The number of nitrogens with one attached hydrogen (secondary N) is 1. The lowest BCUT2D eigenvalue weighted by Crippen LogP contribution is -2.35. The second kappa shape index (κ2) is 5.66. The average Bonchev–Trinajstić information content (AvgIpc) is 3.10. The summed E-state index contributed by atoms with van der Waals surface area (Å²) >= 11 is 0. The summed E-state index contributed by atoms with van der Waals surface area (Å²) in [5, 5.41) is 3.65. The van der Waals surface area contributed by atoms with Gasteiger partial charge in [0.1, 0.15) is 0 Å². The van der Waals surface area contributed by atoms with E-state index in [-0.39, 0.29) is 0 Å². The molecule has 1 aromatic carbocycles. The van der Waals surface area contributed by atoms with E-state index in [1.807, 2.05) is 0 Å². The molecule has 0 radical (unpaired) electrons. The number of hydrogen-bond donors (Lipinski definition) is 1. The van der Waals surface area contributed by atoms with E-state index < -0.39 is 0 Å². The van der Waals surface area contributed by atoms with E-state index in [0.29, 0.717) is 0 Å². The summed E-state index contributed by atoms with van der Waals surface area (Å²) in [5.41, 5.74) is 1.55. The Balaban J connectivity index is 1.62. The maximum Gasteiger partial charge on any atom is 0.0127 e. The first-order valence-electron chi connectivity index (χ1n) is 8.05. The average molecular weight is 257 g/mol. The molecule has 0 aliphatic heterocycles. The molecule has 0 spiro atoms. The molecule has 1 nitrogen and oxygen atoms in total. The molecule has 0 amide bonds. The minimum atomic E-state index is 0.752. The number of rotatable bonds is 5. The van der Waals surface area contributed by atoms with Crippen LogP contribution in [0.4, 0.5) is 0 Å². The predicted molar refractivity (Wildman–Crippen MR) is 81.3 cm³/mol. The lowest BCUT2D eigenvalue weighted by Gasteiger charge is -2.24. The maximum atomic E-state index is 3.65. The minimum absolute atomic E-state index is 0.752. The van der Waals surface area contributed by atoms with Gasteiger partial charge in [0.25, 0.3) is 0 Å². The third kappa shape index (κ3) is 2.72. The first-order valence-corrected chi connectivity index (χ1v) is 8.05. The van der Waals surface area contributed by atoms with Crippen molar-refractivity contribution in [3.8, 4) is 0 Å². The van der Waals surface area contributed by atoms with Gasteiger partial charge < -0.3 is 5.32 Å². The van der Waals surface area contributed by atoms with Crippen molar-refractivity contribution < 1.29 is 0 Å². The zero-order valence-corrected chi connectivity index (χ0v) is 12.3. The van der Waals surface area contributed by atoms with Gasteiger partial charge in [0.05, 0.1) is 0 Å². The van der Waals surface area contributed by atoms with Crippen LogP contribution in [-0.2, 0) is 0 Å². The first-order chi connectivity index (χ1) is 9.33. The molecule has 0 saturated heterocycles. The molecular formula is C18H27N. The van der Waals surface area contributed by atoms with Crippen LogP contribution >= 0.6 is 0 Å². The molecule has 0 bridgehead atoms. The van der Waals surface area contributed by atoms with E-state index in [1.54, 1.807) is 5.56 Å². The van der Waals surface area contributed by atoms with Crippen LogP contribution in [0.2, 0.25) is 0 Å². The van der Waals surface area contributed by atoms with Crippen LogP contribution in [-0.4, -0.2) is 13.1 Å². The Morgan fingerprint density at radius 2 is 1.95 bits per heavy atom. The molecule has 0 aromatic heterocycles. The molecule has 2 aliphatic carbocycles. The van der Waals surface area contributed by atoms with Gasteiger partial charge >= 0.3 is 0 Å². The van der Waals surface area contributed by atoms with Gasteiger partial charge in [-0.2, -0.15) is 0 Å². The summed E-state index contributed by atoms with van der Waals surface area (Å²) in [6, 6.07) is 11.9. The molecule has 2 aliphatic rings. The van der Waals surface area contributed by atoms with Crippen LogP contribution in [0.25, 0.3) is 0 Å². The van der Waals surface area contributed by atoms with Crippen molar-refractivity contribution in [1.29, 1.82) is 0 Å². The lowest BCUT2D eigenvalue weighted by molar-refractivity contribution is 0.328. The zero-order valence-electron chi connectivity index (χ0n) is 12.3. The molecule has 2 fully saturated rings. The highest BCUT2D eigenvalue weighted by Crippen LogP contribution is 2.53.